The zero-order valence-corrected chi connectivity index (χ0v) is 10.8. The summed E-state index contributed by atoms with van der Waals surface area (Å²) in [6.45, 7) is 0.566. The van der Waals surface area contributed by atoms with E-state index in [0.29, 0.717) is 0 Å². The number of aliphatic hydroxyl groups is 1. The van der Waals surface area contributed by atoms with Crippen molar-refractivity contribution in [2.45, 2.75) is 31.5 Å². The molecule has 10 heteroatoms. The van der Waals surface area contributed by atoms with Crippen molar-refractivity contribution in [2.75, 3.05) is 6.54 Å². The fourth-order valence-electron chi connectivity index (χ4n) is 1.25. The van der Waals surface area contributed by atoms with E-state index in [9.17, 15) is 24.3 Å². The Morgan fingerprint density at radius 1 is 1.20 bits per heavy atom. The van der Waals surface area contributed by atoms with Gasteiger partial charge in [0, 0.05) is 0 Å². The van der Waals surface area contributed by atoms with Gasteiger partial charge in [-0.05, 0) is 6.92 Å². The van der Waals surface area contributed by atoms with Crippen LogP contribution in [0.4, 0.5) is 0 Å². The molecule has 0 aliphatic carbocycles. The van der Waals surface area contributed by atoms with Crippen molar-refractivity contribution in [2.24, 2.45) is 11.5 Å². The van der Waals surface area contributed by atoms with Gasteiger partial charge in [0.05, 0.1) is 18.6 Å². The van der Waals surface area contributed by atoms with Crippen molar-refractivity contribution < 1.29 is 29.4 Å². The predicted molar refractivity (Wildman–Crippen MR) is 66.0 cm³/mol. The third kappa shape index (κ3) is 6.66. The molecule has 0 aliphatic heterocycles. The normalized spacial score (nSPS) is 14.8. The van der Waals surface area contributed by atoms with Gasteiger partial charge >= 0.3 is 5.97 Å². The molecule has 0 unspecified atom stereocenters. The van der Waals surface area contributed by atoms with Crippen LogP contribution < -0.4 is 22.1 Å². The Balaban J connectivity index is 4.61. The van der Waals surface area contributed by atoms with Crippen molar-refractivity contribution >= 4 is 23.7 Å². The van der Waals surface area contributed by atoms with Gasteiger partial charge in [0.25, 0.3) is 0 Å². The number of nitrogens with two attached hydrogens (primary N) is 2. The van der Waals surface area contributed by atoms with Crippen molar-refractivity contribution in [3.63, 3.8) is 0 Å². The highest BCUT2D eigenvalue weighted by atomic mass is 16.4. The molecule has 3 atom stereocenters. The van der Waals surface area contributed by atoms with E-state index in [1.165, 1.54) is 6.92 Å². The van der Waals surface area contributed by atoms with E-state index in [1.807, 2.05) is 5.32 Å². The van der Waals surface area contributed by atoms with Gasteiger partial charge in [0.15, 0.2) is 0 Å². The molecule has 0 aromatic heterocycles. The standard InChI is InChI=1S/C10H18N4O6/c1-4(15)8(10(20)13-3-7(17)18)14-9(19)5(11)2-6(12)16/h4-5,8,15H,2-3,11H2,1H3,(H2,12,16)(H,13,20)(H,14,19)(H,17,18)/t4-,5+,8+/m1/s1. The fourth-order valence-corrected chi connectivity index (χ4v) is 1.25. The molecule has 114 valence electrons. The Kier molecular flexibility index (Phi) is 7.18. The maximum Gasteiger partial charge on any atom is 0.322 e. The molecule has 0 saturated heterocycles. The molecule has 0 aromatic carbocycles. The summed E-state index contributed by atoms with van der Waals surface area (Å²) in [7, 11) is 0. The van der Waals surface area contributed by atoms with Gasteiger partial charge in [0.2, 0.25) is 17.7 Å². The Morgan fingerprint density at radius 3 is 2.15 bits per heavy atom. The van der Waals surface area contributed by atoms with E-state index >= 15 is 0 Å². The van der Waals surface area contributed by atoms with Gasteiger partial charge in [-0.25, -0.2) is 0 Å². The lowest BCUT2D eigenvalue weighted by Crippen LogP contribution is -2.56. The average Bonchev–Trinajstić information content (AvgIpc) is 2.31. The van der Waals surface area contributed by atoms with Crippen LogP contribution in [-0.2, 0) is 19.2 Å². The van der Waals surface area contributed by atoms with Crippen molar-refractivity contribution in [1.82, 2.24) is 10.6 Å². The number of rotatable bonds is 8. The highest BCUT2D eigenvalue weighted by molar-refractivity contribution is 5.93. The summed E-state index contributed by atoms with van der Waals surface area (Å²) in [5.74, 6) is -3.82. The second-order valence-corrected chi connectivity index (χ2v) is 4.12. The zero-order chi connectivity index (χ0) is 15.9. The Bertz CT molecular complexity index is 397. The molecule has 8 N–H and O–H groups in total. The molecule has 20 heavy (non-hydrogen) atoms. The Hall–Kier alpha value is -2.20. The summed E-state index contributed by atoms with van der Waals surface area (Å²) in [6, 6.07) is -2.65. The summed E-state index contributed by atoms with van der Waals surface area (Å²) in [4.78, 5) is 44.1. The molecule has 0 aromatic rings. The molecule has 0 saturated carbocycles. The summed E-state index contributed by atoms with van der Waals surface area (Å²) >= 11 is 0. The minimum Gasteiger partial charge on any atom is -0.480 e. The molecule has 0 radical (unpaired) electrons. The minimum atomic E-state index is -1.39. The molecule has 0 rings (SSSR count). The molecule has 0 spiro atoms. The lowest BCUT2D eigenvalue weighted by molar-refractivity contribution is -0.139. The number of carbonyl (C=O) groups is 4. The number of primary amides is 1. The topological polar surface area (TPSA) is 185 Å². The first kappa shape index (κ1) is 17.8. The van der Waals surface area contributed by atoms with Crippen LogP contribution in [0.5, 0.6) is 0 Å². The summed E-state index contributed by atoms with van der Waals surface area (Å²) in [5.41, 5.74) is 10.2. The monoisotopic (exact) mass is 290 g/mol. The van der Waals surface area contributed by atoms with Crippen molar-refractivity contribution in [1.29, 1.82) is 0 Å². The summed E-state index contributed by atoms with van der Waals surface area (Å²) in [5, 5.41) is 21.9. The lowest BCUT2D eigenvalue weighted by atomic mass is 10.1. The predicted octanol–water partition coefficient (Wildman–Crippen LogP) is -3.74. The van der Waals surface area contributed by atoms with E-state index < -0.39 is 54.8 Å². The van der Waals surface area contributed by atoms with Gasteiger partial charge in [-0.15, -0.1) is 0 Å². The molecule has 3 amide bonds. The largest absolute Gasteiger partial charge is 0.480 e. The number of hydrogen-bond acceptors (Lipinski definition) is 6. The first-order chi connectivity index (χ1) is 9.15. The summed E-state index contributed by atoms with van der Waals surface area (Å²) in [6.07, 6.45) is -1.71. The summed E-state index contributed by atoms with van der Waals surface area (Å²) < 4.78 is 0. The molecule has 0 bridgehead atoms. The van der Waals surface area contributed by atoms with Gasteiger partial charge < -0.3 is 32.3 Å². The average molecular weight is 290 g/mol. The number of nitrogens with one attached hydrogen (secondary N) is 2. The van der Waals surface area contributed by atoms with Gasteiger partial charge in [-0.1, -0.05) is 0 Å². The molecule has 0 fully saturated rings. The number of aliphatic carboxylic acids is 1. The number of carboxylic acid groups (broad SMARTS) is 1. The second-order valence-electron chi connectivity index (χ2n) is 4.12. The van der Waals surface area contributed by atoms with E-state index in [-0.39, 0.29) is 0 Å². The van der Waals surface area contributed by atoms with Gasteiger partial charge in [0.1, 0.15) is 12.6 Å². The van der Waals surface area contributed by atoms with Crippen LogP contribution in [0.25, 0.3) is 0 Å². The van der Waals surface area contributed by atoms with Crippen LogP contribution in [0.3, 0.4) is 0 Å². The first-order valence-corrected chi connectivity index (χ1v) is 5.67. The van der Waals surface area contributed by atoms with Crippen molar-refractivity contribution in [3.8, 4) is 0 Å². The van der Waals surface area contributed by atoms with Crippen LogP contribution >= 0.6 is 0 Å². The molecular weight excluding hydrogens is 272 g/mol. The number of aliphatic hydroxyl groups excluding tert-OH is 1. The van der Waals surface area contributed by atoms with Crippen LogP contribution in [0.1, 0.15) is 13.3 Å². The van der Waals surface area contributed by atoms with Gasteiger partial charge in [-0.2, -0.15) is 0 Å². The smallest absolute Gasteiger partial charge is 0.322 e. The van der Waals surface area contributed by atoms with E-state index in [4.69, 9.17) is 16.6 Å². The molecular formula is C10H18N4O6. The SMILES string of the molecule is C[C@@H](O)[C@H](NC(=O)[C@@H](N)CC(N)=O)C(=O)NCC(=O)O. The highest BCUT2D eigenvalue weighted by Gasteiger charge is 2.28. The zero-order valence-electron chi connectivity index (χ0n) is 10.8. The molecule has 10 nitrogen and oxygen atoms in total. The maximum atomic E-state index is 11.6. The second kappa shape index (κ2) is 8.07. The third-order valence-corrected chi connectivity index (χ3v) is 2.23. The quantitative estimate of drug-likeness (QED) is 0.265. The number of hydrogen-bond donors (Lipinski definition) is 6. The number of carboxylic acids is 1. The van der Waals surface area contributed by atoms with Gasteiger partial charge in [-0.3, -0.25) is 19.2 Å². The fraction of sp³-hybridized carbons (Fsp3) is 0.600. The van der Waals surface area contributed by atoms with E-state index in [1.54, 1.807) is 0 Å². The van der Waals surface area contributed by atoms with E-state index in [0.717, 1.165) is 0 Å². The van der Waals surface area contributed by atoms with Crippen LogP contribution in [0.15, 0.2) is 0 Å². The van der Waals surface area contributed by atoms with Crippen molar-refractivity contribution in [3.05, 3.63) is 0 Å². The van der Waals surface area contributed by atoms with Crippen LogP contribution in [0.2, 0.25) is 0 Å². The Morgan fingerprint density at radius 2 is 1.75 bits per heavy atom. The number of amides is 3. The maximum absolute atomic E-state index is 11.6. The number of carbonyl (C=O) groups excluding carboxylic acids is 3. The minimum absolute atomic E-state index is 0.422. The Labute approximate surface area is 114 Å². The van der Waals surface area contributed by atoms with Crippen LogP contribution in [0, 0.1) is 0 Å². The highest BCUT2D eigenvalue weighted by Crippen LogP contribution is 1.96. The third-order valence-electron chi connectivity index (χ3n) is 2.23. The van der Waals surface area contributed by atoms with E-state index in [2.05, 4.69) is 5.32 Å². The molecule has 0 heterocycles. The lowest BCUT2D eigenvalue weighted by Gasteiger charge is -2.22. The molecule has 0 aliphatic rings. The van der Waals surface area contributed by atoms with Crippen LogP contribution in [-0.4, -0.2) is 58.6 Å². The first-order valence-electron chi connectivity index (χ1n) is 5.67.